The van der Waals surface area contributed by atoms with Gasteiger partial charge in [-0.2, -0.15) is 0 Å². The second-order valence-corrected chi connectivity index (χ2v) is 5.18. The van der Waals surface area contributed by atoms with Gasteiger partial charge in [0.2, 0.25) is 0 Å². The van der Waals surface area contributed by atoms with E-state index in [-0.39, 0.29) is 11.5 Å². The van der Waals surface area contributed by atoms with Gasteiger partial charge < -0.3 is 4.74 Å². The molecule has 0 atom stereocenters. The molecule has 20 heavy (non-hydrogen) atoms. The monoisotopic (exact) mass is 297 g/mol. The van der Waals surface area contributed by atoms with Crippen molar-refractivity contribution in [3.05, 3.63) is 40.6 Å². The number of nitrogens with zero attached hydrogens (tertiary/aromatic N) is 2. The van der Waals surface area contributed by atoms with Crippen LogP contribution >= 0.6 is 11.8 Å². The normalized spacial score (nSPS) is 10.7. The minimum atomic E-state index is -0.285. The first kappa shape index (κ1) is 14.6. The fourth-order valence-corrected chi connectivity index (χ4v) is 2.45. The fourth-order valence-electron chi connectivity index (χ4n) is 1.66. The highest BCUT2D eigenvalue weighted by Gasteiger charge is 2.07. The van der Waals surface area contributed by atoms with E-state index < -0.39 is 0 Å². The summed E-state index contributed by atoms with van der Waals surface area (Å²) in [5.74, 6) is 0.998. The van der Waals surface area contributed by atoms with Crippen LogP contribution < -0.4 is 10.4 Å². The molecule has 108 valence electrons. The summed E-state index contributed by atoms with van der Waals surface area (Å²) in [7, 11) is 0. The second-order valence-electron chi connectivity index (χ2n) is 4.11. The maximum absolute atomic E-state index is 12.7. The summed E-state index contributed by atoms with van der Waals surface area (Å²) in [5, 5.41) is 7.08. The van der Waals surface area contributed by atoms with E-state index in [4.69, 9.17) is 4.74 Å². The van der Waals surface area contributed by atoms with E-state index in [0.717, 1.165) is 6.42 Å². The van der Waals surface area contributed by atoms with Gasteiger partial charge in [-0.1, -0.05) is 18.7 Å². The Kier molecular flexibility index (Phi) is 5.23. The van der Waals surface area contributed by atoms with E-state index in [1.54, 1.807) is 16.7 Å². The van der Waals surface area contributed by atoms with Crippen molar-refractivity contribution in [2.45, 2.75) is 25.0 Å². The highest BCUT2D eigenvalue weighted by molar-refractivity contribution is 7.99. The molecule has 2 aromatic rings. The number of thioether (sulfide) groups is 1. The molecule has 0 unspecified atom stereocenters. The standard InChI is InChI=1S/C13H16FN3O2S/c1-2-7-17-12(18)15-16-13(17)20-9-8-19-11-5-3-10(14)4-6-11/h3-6H,2,7-9H2,1H3,(H,15,18). The maximum Gasteiger partial charge on any atom is 0.343 e. The van der Waals surface area contributed by atoms with E-state index in [0.29, 0.717) is 29.8 Å². The first-order chi connectivity index (χ1) is 9.70. The molecule has 0 saturated heterocycles. The van der Waals surface area contributed by atoms with Crippen LogP contribution in [0.5, 0.6) is 5.75 Å². The quantitative estimate of drug-likeness (QED) is 0.629. The van der Waals surface area contributed by atoms with Gasteiger partial charge in [-0.3, -0.25) is 4.57 Å². The number of nitrogens with one attached hydrogen (secondary N) is 1. The topological polar surface area (TPSA) is 59.9 Å². The summed E-state index contributed by atoms with van der Waals surface area (Å²) in [6.45, 7) is 3.12. The molecular weight excluding hydrogens is 281 g/mol. The molecule has 5 nitrogen and oxygen atoms in total. The third kappa shape index (κ3) is 3.86. The van der Waals surface area contributed by atoms with Crippen molar-refractivity contribution in [1.29, 1.82) is 0 Å². The number of aromatic nitrogens is 3. The van der Waals surface area contributed by atoms with Crippen molar-refractivity contribution in [3.63, 3.8) is 0 Å². The molecule has 0 aliphatic heterocycles. The Balaban J connectivity index is 1.81. The maximum atomic E-state index is 12.7. The van der Waals surface area contributed by atoms with Gasteiger partial charge >= 0.3 is 5.69 Å². The Hall–Kier alpha value is -1.76. The average molecular weight is 297 g/mol. The van der Waals surface area contributed by atoms with Gasteiger partial charge in [-0.05, 0) is 30.7 Å². The third-order valence-electron chi connectivity index (χ3n) is 2.57. The van der Waals surface area contributed by atoms with Crippen molar-refractivity contribution >= 4 is 11.8 Å². The largest absolute Gasteiger partial charge is 0.493 e. The number of halogens is 1. The third-order valence-corrected chi connectivity index (χ3v) is 3.51. The Morgan fingerprint density at radius 2 is 2.15 bits per heavy atom. The zero-order chi connectivity index (χ0) is 14.4. The molecule has 7 heteroatoms. The van der Waals surface area contributed by atoms with E-state index in [9.17, 15) is 9.18 Å². The van der Waals surface area contributed by atoms with Gasteiger partial charge in [0.25, 0.3) is 0 Å². The van der Waals surface area contributed by atoms with Crippen LogP contribution in [0.25, 0.3) is 0 Å². The SMILES string of the molecule is CCCn1c(SCCOc2ccc(F)cc2)n[nH]c1=O. The van der Waals surface area contributed by atoms with Crippen LogP contribution in [-0.4, -0.2) is 27.1 Å². The Bertz CT molecular complexity index is 594. The van der Waals surface area contributed by atoms with E-state index in [1.165, 1.54) is 23.9 Å². The van der Waals surface area contributed by atoms with Gasteiger partial charge in [-0.25, -0.2) is 14.3 Å². The van der Waals surface area contributed by atoms with Crippen molar-refractivity contribution < 1.29 is 9.13 Å². The van der Waals surface area contributed by atoms with Gasteiger partial charge in [0.1, 0.15) is 11.6 Å². The molecule has 2 rings (SSSR count). The lowest BCUT2D eigenvalue weighted by Crippen LogP contribution is -2.17. The highest BCUT2D eigenvalue weighted by Crippen LogP contribution is 2.15. The number of rotatable bonds is 7. The molecule has 0 bridgehead atoms. The summed E-state index contributed by atoms with van der Waals surface area (Å²) in [5.41, 5.74) is -0.186. The zero-order valence-corrected chi connectivity index (χ0v) is 12.0. The molecule has 0 spiro atoms. The molecule has 0 aliphatic rings. The molecule has 0 aliphatic carbocycles. The average Bonchev–Trinajstić information content (AvgIpc) is 2.79. The summed E-state index contributed by atoms with van der Waals surface area (Å²) >= 11 is 1.45. The van der Waals surface area contributed by atoms with E-state index in [1.807, 2.05) is 6.92 Å². The fraction of sp³-hybridized carbons (Fsp3) is 0.385. The van der Waals surface area contributed by atoms with Crippen LogP contribution in [-0.2, 0) is 6.54 Å². The Morgan fingerprint density at radius 1 is 1.40 bits per heavy atom. The van der Waals surface area contributed by atoms with Gasteiger partial charge in [0.05, 0.1) is 6.61 Å². The van der Waals surface area contributed by atoms with Crippen LogP contribution in [0.4, 0.5) is 4.39 Å². The molecular formula is C13H16FN3O2S. The number of benzene rings is 1. The molecule has 1 N–H and O–H groups in total. The summed E-state index contributed by atoms with van der Waals surface area (Å²) in [4.78, 5) is 11.5. The number of aromatic amines is 1. The van der Waals surface area contributed by atoms with Crippen LogP contribution in [0.15, 0.2) is 34.2 Å². The van der Waals surface area contributed by atoms with E-state index >= 15 is 0 Å². The van der Waals surface area contributed by atoms with Gasteiger partial charge in [-0.15, -0.1) is 5.10 Å². The van der Waals surface area contributed by atoms with Gasteiger partial charge in [0.15, 0.2) is 5.16 Å². The van der Waals surface area contributed by atoms with Crippen molar-refractivity contribution in [3.8, 4) is 5.75 Å². The lowest BCUT2D eigenvalue weighted by Gasteiger charge is -2.06. The van der Waals surface area contributed by atoms with Crippen LogP contribution in [0.2, 0.25) is 0 Å². The van der Waals surface area contributed by atoms with Crippen LogP contribution in [0.1, 0.15) is 13.3 Å². The number of H-pyrrole nitrogens is 1. The predicted molar refractivity (Wildman–Crippen MR) is 75.8 cm³/mol. The molecule has 1 aromatic carbocycles. The summed E-state index contributed by atoms with van der Waals surface area (Å²) in [6.07, 6.45) is 0.874. The van der Waals surface area contributed by atoms with Crippen molar-refractivity contribution in [1.82, 2.24) is 14.8 Å². The van der Waals surface area contributed by atoms with Crippen LogP contribution in [0.3, 0.4) is 0 Å². The number of ether oxygens (including phenoxy) is 1. The molecule has 0 fully saturated rings. The van der Waals surface area contributed by atoms with Gasteiger partial charge in [0, 0.05) is 12.3 Å². The molecule has 0 saturated carbocycles. The first-order valence-electron chi connectivity index (χ1n) is 6.37. The molecule has 1 aromatic heterocycles. The van der Waals surface area contributed by atoms with Crippen molar-refractivity contribution in [2.24, 2.45) is 0 Å². The minimum Gasteiger partial charge on any atom is -0.493 e. The minimum absolute atomic E-state index is 0.186. The Labute approximate surface area is 120 Å². The molecule has 0 amide bonds. The lowest BCUT2D eigenvalue weighted by atomic mass is 10.3. The molecule has 1 heterocycles. The molecule has 0 radical (unpaired) electrons. The predicted octanol–water partition coefficient (Wildman–Crippen LogP) is 2.29. The Morgan fingerprint density at radius 3 is 2.85 bits per heavy atom. The highest BCUT2D eigenvalue weighted by atomic mass is 32.2. The summed E-state index contributed by atoms with van der Waals surface area (Å²) in [6, 6.07) is 5.88. The van der Waals surface area contributed by atoms with Crippen LogP contribution in [0, 0.1) is 5.82 Å². The number of hydrogen-bond donors (Lipinski definition) is 1. The van der Waals surface area contributed by atoms with Crippen molar-refractivity contribution in [2.75, 3.05) is 12.4 Å². The zero-order valence-electron chi connectivity index (χ0n) is 11.1. The lowest BCUT2D eigenvalue weighted by molar-refractivity contribution is 0.343. The number of hydrogen-bond acceptors (Lipinski definition) is 4. The van der Waals surface area contributed by atoms with E-state index in [2.05, 4.69) is 10.2 Å². The summed E-state index contributed by atoms with van der Waals surface area (Å²) < 4.78 is 19.8. The smallest absolute Gasteiger partial charge is 0.343 e. The second kappa shape index (κ2) is 7.14. The first-order valence-corrected chi connectivity index (χ1v) is 7.35.